The number of benzene rings is 1. The number of nitro benzene ring substituents is 1. The lowest BCUT2D eigenvalue weighted by molar-refractivity contribution is -0.384. The Morgan fingerprint density at radius 2 is 1.77 bits per heavy atom. The first-order chi connectivity index (χ1) is 12.4. The van der Waals surface area contributed by atoms with E-state index in [1.54, 1.807) is 19.1 Å². The molecule has 26 heavy (non-hydrogen) atoms. The van der Waals surface area contributed by atoms with E-state index < -0.39 is 4.92 Å². The largest absolute Gasteiger partial charge is 0.356 e. The summed E-state index contributed by atoms with van der Waals surface area (Å²) in [4.78, 5) is 30.5. The minimum atomic E-state index is -0.406. The summed E-state index contributed by atoms with van der Waals surface area (Å²) < 4.78 is 0. The molecule has 0 radical (unpaired) electrons. The fraction of sp³-hybridized carbons (Fsp3) is 0.556. The third kappa shape index (κ3) is 5.72. The van der Waals surface area contributed by atoms with E-state index in [1.807, 2.05) is 4.90 Å². The molecule has 0 aliphatic carbocycles. The lowest BCUT2D eigenvalue weighted by atomic mass is 10.2. The summed E-state index contributed by atoms with van der Waals surface area (Å²) in [6.07, 6.45) is 0. The number of rotatable bonds is 5. The summed E-state index contributed by atoms with van der Waals surface area (Å²) in [5.41, 5.74) is 0.998. The molecule has 1 aromatic carbocycles. The molecule has 0 aromatic heterocycles. The zero-order chi connectivity index (χ0) is 19.1. The molecule has 0 saturated carbocycles. The van der Waals surface area contributed by atoms with Gasteiger partial charge in [0.15, 0.2) is 5.96 Å². The summed E-state index contributed by atoms with van der Waals surface area (Å²) in [6.45, 7) is 9.98. The van der Waals surface area contributed by atoms with Crippen LogP contribution in [0, 0.1) is 16.0 Å². The molecule has 0 bridgehead atoms. The smallest absolute Gasteiger partial charge is 0.269 e. The standard InChI is InChI=1S/C18H27N5O3/c1-14(2)12-19-18(22-10-8-21(9-11-22)15(3)24)20-13-16-4-6-17(7-5-16)23(25)26/h4-7,14H,8-13H2,1-3H3,(H,19,20). The highest BCUT2D eigenvalue weighted by Crippen LogP contribution is 2.13. The fourth-order valence-corrected chi connectivity index (χ4v) is 2.69. The van der Waals surface area contributed by atoms with Crippen LogP contribution in [-0.2, 0) is 11.3 Å². The lowest BCUT2D eigenvalue weighted by Gasteiger charge is -2.36. The molecule has 8 nitrogen and oxygen atoms in total. The second-order valence-electron chi connectivity index (χ2n) is 6.83. The van der Waals surface area contributed by atoms with E-state index in [4.69, 9.17) is 4.99 Å². The normalized spacial score (nSPS) is 15.3. The number of nitro groups is 1. The number of hydrogen-bond donors (Lipinski definition) is 1. The summed E-state index contributed by atoms with van der Waals surface area (Å²) in [7, 11) is 0. The molecule has 1 N–H and O–H groups in total. The zero-order valence-electron chi connectivity index (χ0n) is 15.6. The fourth-order valence-electron chi connectivity index (χ4n) is 2.69. The van der Waals surface area contributed by atoms with Crippen LogP contribution in [0.4, 0.5) is 5.69 Å². The predicted octanol–water partition coefficient (Wildman–Crippen LogP) is 1.86. The molecule has 8 heteroatoms. The Bertz CT molecular complexity index is 649. The van der Waals surface area contributed by atoms with Crippen molar-refractivity contribution in [2.45, 2.75) is 27.3 Å². The van der Waals surface area contributed by atoms with Gasteiger partial charge in [0.05, 0.1) is 11.5 Å². The van der Waals surface area contributed by atoms with E-state index in [1.165, 1.54) is 12.1 Å². The summed E-state index contributed by atoms with van der Waals surface area (Å²) in [5, 5.41) is 14.1. The van der Waals surface area contributed by atoms with Gasteiger partial charge >= 0.3 is 0 Å². The van der Waals surface area contributed by atoms with E-state index >= 15 is 0 Å². The summed E-state index contributed by atoms with van der Waals surface area (Å²) in [5.74, 6) is 1.41. The van der Waals surface area contributed by atoms with Crippen molar-refractivity contribution in [2.24, 2.45) is 10.9 Å². The first-order valence-electron chi connectivity index (χ1n) is 8.89. The Hall–Kier alpha value is -2.64. The summed E-state index contributed by atoms with van der Waals surface area (Å²) >= 11 is 0. The zero-order valence-corrected chi connectivity index (χ0v) is 15.6. The van der Waals surface area contributed by atoms with Crippen LogP contribution in [0.5, 0.6) is 0 Å². The number of non-ortho nitro benzene ring substituents is 1. The minimum Gasteiger partial charge on any atom is -0.356 e. The maximum Gasteiger partial charge on any atom is 0.269 e. The Labute approximate surface area is 154 Å². The third-order valence-electron chi connectivity index (χ3n) is 4.25. The van der Waals surface area contributed by atoms with Gasteiger partial charge < -0.3 is 15.1 Å². The molecule has 1 aliphatic rings. The van der Waals surface area contributed by atoms with E-state index in [9.17, 15) is 14.9 Å². The molecule has 2 rings (SSSR count). The number of aliphatic imine (C=N–C) groups is 1. The van der Waals surface area contributed by atoms with E-state index in [0.29, 0.717) is 25.6 Å². The topological polar surface area (TPSA) is 91.1 Å². The van der Waals surface area contributed by atoms with Gasteiger partial charge in [-0.2, -0.15) is 0 Å². The van der Waals surface area contributed by atoms with E-state index in [0.717, 1.165) is 31.2 Å². The number of guanidine groups is 1. The second-order valence-corrected chi connectivity index (χ2v) is 6.83. The van der Waals surface area contributed by atoms with Crippen molar-refractivity contribution in [3.8, 4) is 0 Å². The van der Waals surface area contributed by atoms with Gasteiger partial charge in [-0.15, -0.1) is 0 Å². The van der Waals surface area contributed by atoms with Crippen molar-refractivity contribution >= 4 is 17.6 Å². The van der Waals surface area contributed by atoms with E-state index in [-0.39, 0.29) is 11.6 Å². The number of amides is 1. The van der Waals surface area contributed by atoms with Crippen LogP contribution < -0.4 is 5.32 Å². The molecule has 1 aliphatic heterocycles. The summed E-state index contributed by atoms with van der Waals surface area (Å²) in [6, 6.07) is 6.46. The number of carbonyl (C=O) groups excluding carboxylic acids is 1. The van der Waals surface area contributed by atoms with Crippen LogP contribution in [0.1, 0.15) is 26.3 Å². The van der Waals surface area contributed by atoms with Crippen molar-refractivity contribution in [1.82, 2.24) is 15.1 Å². The van der Waals surface area contributed by atoms with Crippen molar-refractivity contribution < 1.29 is 9.72 Å². The third-order valence-corrected chi connectivity index (χ3v) is 4.25. The van der Waals surface area contributed by atoms with Gasteiger partial charge in [0.25, 0.3) is 5.69 Å². The van der Waals surface area contributed by atoms with Gasteiger partial charge in [0.1, 0.15) is 0 Å². The number of nitrogens with one attached hydrogen (secondary N) is 1. The molecular formula is C18H27N5O3. The number of nitrogens with zero attached hydrogens (tertiary/aromatic N) is 4. The van der Waals surface area contributed by atoms with Gasteiger partial charge in [-0.3, -0.25) is 14.9 Å². The van der Waals surface area contributed by atoms with Crippen LogP contribution >= 0.6 is 0 Å². The molecule has 0 unspecified atom stereocenters. The number of hydrogen-bond acceptors (Lipinski definition) is 4. The first kappa shape index (κ1) is 19.7. The first-order valence-corrected chi connectivity index (χ1v) is 8.89. The Balaban J connectivity index is 2.04. The molecule has 1 fully saturated rings. The average Bonchev–Trinajstić information content (AvgIpc) is 2.62. The molecule has 0 atom stereocenters. The maximum absolute atomic E-state index is 11.5. The molecular weight excluding hydrogens is 334 g/mol. The lowest BCUT2D eigenvalue weighted by Crippen LogP contribution is -2.53. The molecule has 1 aromatic rings. The number of carbonyl (C=O) groups is 1. The minimum absolute atomic E-state index is 0.0799. The van der Waals surface area contributed by atoms with Crippen LogP contribution in [0.25, 0.3) is 0 Å². The highest BCUT2D eigenvalue weighted by Gasteiger charge is 2.21. The Kier molecular flexibility index (Phi) is 6.94. The Morgan fingerprint density at radius 1 is 1.19 bits per heavy atom. The van der Waals surface area contributed by atoms with Crippen molar-refractivity contribution in [2.75, 3.05) is 32.7 Å². The molecule has 1 saturated heterocycles. The van der Waals surface area contributed by atoms with Gasteiger partial charge in [-0.05, 0) is 11.5 Å². The van der Waals surface area contributed by atoms with Crippen LogP contribution in [0.2, 0.25) is 0 Å². The van der Waals surface area contributed by atoms with Crippen molar-refractivity contribution in [1.29, 1.82) is 0 Å². The highest BCUT2D eigenvalue weighted by atomic mass is 16.6. The molecule has 1 amide bonds. The maximum atomic E-state index is 11.5. The monoisotopic (exact) mass is 361 g/mol. The Morgan fingerprint density at radius 3 is 2.27 bits per heavy atom. The van der Waals surface area contributed by atoms with Gasteiger partial charge in [0.2, 0.25) is 5.91 Å². The van der Waals surface area contributed by atoms with Crippen LogP contribution in [-0.4, -0.2) is 59.3 Å². The quantitative estimate of drug-likeness (QED) is 0.374. The number of piperazine rings is 1. The van der Waals surface area contributed by atoms with Crippen molar-refractivity contribution in [3.05, 3.63) is 39.9 Å². The van der Waals surface area contributed by atoms with Gasteiger partial charge in [-0.25, -0.2) is 4.99 Å². The van der Waals surface area contributed by atoms with Gasteiger partial charge in [0, 0.05) is 51.8 Å². The molecule has 0 spiro atoms. The van der Waals surface area contributed by atoms with Crippen LogP contribution in [0.15, 0.2) is 29.3 Å². The second kappa shape index (κ2) is 9.17. The molecule has 1 heterocycles. The van der Waals surface area contributed by atoms with E-state index in [2.05, 4.69) is 24.1 Å². The van der Waals surface area contributed by atoms with Crippen molar-refractivity contribution in [3.63, 3.8) is 0 Å². The van der Waals surface area contributed by atoms with Gasteiger partial charge in [-0.1, -0.05) is 26.0 Å². The SMILES string of the molecule is CC(=O)N1CCN(C(=NCc2ccc([N+](=O)[O-])cc2)NCC(C)C)CC1. The van der Waals surface area contributed by atoms with Crippen LogP contribution in [0.3, 0.4) is 0 Å². The average molecular weight is 361 g/mol. The molecule has 142 valence electrons. The highest BCUT2D eigenvalue weighted by molar-refractivity contribution is 5.80. The predicted molar refractivity (Wildman–Crippen MR) is 101 cm³/mol.